The molecule has 2 heterocycles. The molecule has 5 atom stereocenters. The second-order valence-electron chi connectivity index (χ2n) is 10.5. The molecule has 0 bridgehead atoms. The van der Waals surface area contributed by atoms with Crippen LogP contribution in [0.4, 0.5) is 13.2 Å². The molecular formula is C28H32F3N3O4. The second-order valence-corrected chi connectivity index (χ2v) is 10.5. The minimum Gasteiger partial charge on any atom is -0.406 e. The van der Waals surface area contributed by atoms with Gasteiger partial charge in [0, 0.05) is 43.7 Å². The number of aliphatic hydroxyl groups is 1. The Morgan fingerprint density at radius 2 is 1.74 bits per heavy atom. The van der Waals surface area contributed by atoms with Crippen LogP contribution in [0, 0.1) is 11.8 Å². The molecule has 3 fully saturated rings. The molecule has 2 aliphatic heterocycles. The molecular weight excluding hydrogens is 499 g/mol. The molecule has 38 heavy (non-hydrogen) atoms. The third kappa shape index (κ3) is 5.96. The van der Waals surface area contributed by atoms with Crippen molar-refractivity contribution >= 4 is 11.8 Å². The molecule has 2 amide bonds. The van der Waals surface area contributed by atoms with Crippen LogP contribution in [0.5, 0.6) is 5.75 Å². The summed E-state index contributed by atoms with van der Waals surface area (Å²) in [7, 11) is 0. The number of hydrogen-bond donors (Lipinski definition) is 2. The average Bonchev–Trinajstić information content (AvgIpc) is 3.48. The number of rotatable bonds is 6. The summed E-state index contributed by atoms with van der Waals surface area (Å²) in [4.78, 5) is 30.3. The number of likely N-dealkylation sites (tertiary alicyclic amines) is 2. The Bertz CT molecular complexity index is 1130. The lowest BCUT2D eigenvalue weighted by molar-refractivity contribution is -0.274. The van der Waals surface area contributed by atoms with E-state index in [1.807, 2.05) is 35.2 Å². The van der Waals surface area contributed by atoms with E-state index in [4.69, 9.17) is 0 Å². The highest BCUT2D eigenvalue weighted by Gasteiger charge is 2.45. The maximum Gasteiger partial charge on any atom is 0.573 e. The van der Waals surface area contributed by atoms with Crippen LogP contribution in [0.1, 0.15) is 41.6 Å². The predicted octanol–water partition coefficient (Wildman–Crippen LogP) is 3.58. The Balaban J connectivity index is 1.22. The quantitative estimate of drug-likeness (QED) is 0.596. The lowest BCUT2D eigenvalue weighted by atomic mass is 9.78. The van der Waals surface area contributed by atoms with Crippen LogP contribution in [-0.4, -0.2) is 70.9 Å². The van der Waals surface area contributed by atoms with Gasteiger partial charge >= 0.3 is 6.36 Å². The zero-order chi connectivity index (χ0) is 26.9. The Labute approximate surface area is 219 Å². The zero-order valence-corrected chi connectivity index (χ0v) is 20.9. The van der Waals surface area contributed by atoms with Crippen LogP contribution in [0.2, 0.25) is 0 Å². The van der Waals surface area contributed by atoms with Gasteiger partial charge in [-0.15, -0.1) is 13.2 Å². The highest BCUT2D eigenvalue weighted by Crippen LogP contribution is 2.37. The SMILES string of the molecule is O=C(N[C@@H]1CCC[C@@H]2CN(C(=O)c3ccc(OC(F)(F)F)cc3)C[C@@H]21)[C@@H]1[C@@H](O)CCN1Cc1ccccc1. The summed E-state index contributed by atoms with van der Waals surface area (Å²) in [5, 5.41) is 13.8. The molecule has 5 rings (SSSR count). The molecule has 2 N–H and O–H groups in total. The number of alkyl halides is 3. The summed E-state index contributed by atoms with van der Waals surface area (Å²) in [6.45, 7) is 2.24. The fourth-order valence-corrected chi connectivity index (χ4v) is 6.24. The van der Waals surface area contributed by atoms with Crippen molar-refractivity contribution in [2.45, 2.75) is 56.8 Å². The standard InChI is InChI=1S/C28H32F3N3O4/c29-28(30,31)38-21-11-9-19(10-12-21)27(37)34-16-20-7-4-8-23(22(20)17-34)32-26(36)25-24(35)13-14-33(25)15-18-5-2-1-3-6-18/h1-3,5-6,9-12,20,22-25,35H,4,7-8,13-17H2,(H,32,36)/t20-,22+,23-,24+,25+/m1/s1. The number of nitrogens with one attached hydrogen (secondary N) is 1. The fourth-order valence-electron chi connectivity index (χ4n) is 6.24. The van der Waals surface area contributed by atoms with Crippen LogP contribution in [-0.2, 0) is 11.3 Å². The number of fused-ring (bicyclic) bond motifs is 1. The van der Waals surface area contributed by atoms with Crippen molar-refractivity contribution in [2.24, 2.45) is 11.8 Å². The monoisotopic (exact) mass is 531 g/mol. The molecule has 2 aromatic rings. The van der Waals surface area contributed by atoms with Gasteiger partial charge in [-0.2, -0.15) is 0 Å². The van der Waals surface area contributed by atoms with Crippen molar-refractivity contribution in [1.29, 1.82) is 0 Å². The van der Waals surface area contributed by atoms with Crippen molar-refractivity contribution in [3.8, 4) is 5.75 Å². The van der Waals surface area contributed by atoms with Gasteiger partial charge in [-0.3, -0.25) is 14.5 Å². The molecule has 7 nitrogen and oxygen atoms in total. The van der Waals surface area contributed by atoms with E-state index >= 15 is 0 Å². The van der Waals surface area contributed by atoms with E-state index < -0.39 is 18.5 Å². The normalized spacial score (nSPS) is 27.7. The van der Waals surface area contributed by atoms with Crippen LogP contribution in [0.25, 0.3) is 0 Å². The number of hydrogen-bond acceptors (Lipinski definition) is 5. The highest BCUT2D eigenvalue weighted by atomic mass is 19.4. The Morgan fingerprint density at radius 3 is 2.45 bits per heavy atom. The predicted molar refractivity (Wildman–Crippen MR) is 133 cm³/mol. The summed E-state index contributed by atoms with van der Waals surface area (Å²) in [5.41, 5.74) is 1.38. The smallest absolute Gasteiger partial charge is 0.406 e. The summed E-state index contributed by atoms with van der Waals surface area (Å²) in [6.07, 6.45) is -2.30. The number of nitrogens with zero attached hydrogens (tertiary/aromatic N) is 2. The van der Waals surface area contributed by atoms with Crippen LogP contribution < -0.4 is 10.1 Å². The van der Waals surface area contributed by atoms with Gasteiger partial charge in [0.05, 0.1) is 6.10 Å². The first kappa shape index (κ1) is 26.5. The largest absolute Gasteiger partial charge is 0.573 e. The molecule has 0 unspecified atom stereocenters. The Morgan fingerprint density at radius 1 is 1.00 bits per heavy atom. The number of carbonyl (C=O) groups is 2. The lowest BCUT2D eigenvalue weighted by Gasteiger charge is -2.35. The van der Waals surface area contributed by atoms with E-state index in [1.165, 1.54) is 12.1 Å². The first-order chi connectivity index (χ1) is 18.2. The number of benzene rings is 2. The second kappa shape index (κ2) is 10.9. The maximum absolute atomic E-state index is 13.4. The average molecular weight is 532 g/mol. The van der Waals surface area contributed by atoms with Crippen molar-refractivity contribution in [2.75, 3.05) is 19.6 Å². The number of halogens is 3. The molecule has 0 radical (unpaired) electrons. The van der Waals surface area contributed by atoms with Crippen molar-refractivity contribution < 1.29 is 32.6 Å². The van der Waals surface area contributed by atoms with E-state index in [9.17, 15) is 27.9 Å². The molecule has 2 aromatic carbocycles. The first-order valence-corrected chi connectivity index (χ1v) is 13.1. The van der Waals surface area contributed by atoms with Crippen LogP contribution in [0.3, 0.4) is 0 Å². The zero-order valence-electron chi connectivity index (χ0n) is 20.9. The summed E-state index contributed by atoms with van der Waals surface area (Å²) in [6, 6.07) is 14.1. The summed E-state index contributed by atoms with van der Waals surface area (Å²) in [5.74, 6) is -0.474. The van der Waals surface area contributed by atoms with E-state index in [-0.39, 0.29) is 35.4 Å². The molecule has 204 valence electrons. The number of aliphatic hydroxyl groups excluding tert-OH is 1. The molecule has 0 aromatic heterocycles. The Kier molecular flexibility index (Phi) is 7.63. The number of carbonyl (C=O) groups excluding carboxylic acids is 2. The van der Waals surface area contributed by atoms with Gasteiger partial charge in [-0.25, -0.2) is 0 Å². The molecule has 10 heteroatoms. The van der Waals surface area contributed by atoms with E-state index in [1.54, 1.807) is 4.90 Å². The molecule has 1 aliphatic carbocycles. The third-order valence-corrected chi connectivity index (χ3v) is 8.02. The van der Waals surface area contributed by atoms with Gasteiger partial charge in [0.2, 0.25) is 5.91 Å². The Hall–Kier alpha value is -3.11. The first-order valence-electron chi connectivity index (χ1n) is 13.1. The van der Waals surface area contributed by atoms with Crippen molar-refractivity contribution in [1.82, 2.24) is 15.1 Å². The van der Waals surface area contributed by atoms with Gasteiger partial charge < -0.3 is 20.1 Å². The maximum atomic E-state index is 13.4. The summed E-state index contributed by atoms with van der Waals surface area (Å²) < 4.78 is 41.2. The van der Waals surface area contributed by atoms with Crippen LogP contribution >= 0.6 is 0 Å². The van der Waals surface area contributed by atoms with Crippen molar-refractivity contribution in [3.05, 3.63) is 65.7 Å². The molecule has 1 saturated carbocycles. The van der Waals surface area contributed by atoms with E-state index in [0.29, 0.717) is 38.2 Å². The summed E-state index contributed by atoms with van der Waals surface area (Å²) >= 11 is 0. The third-order valence-electron chi connectivity index (χ3n) is 8.02. The molecule has 3 aliphatic rings. The fraction of sp³-hybridized carbons (Fsp3) is 0.500. The van der Waals surface area contributed by atoms with Gasteiger partial charge in [0.15, 0.2) is 0 Å². The number of amides is 2. The minimum absolute atomic E-state index is 0.0885. The highest BCUT2D eigenvalue weighted by molar-refractivity contribution is 5.94. The molecule has 2 saturated heterocycles. The van der Waals surface area contributed by atoms with E-state index in [0.717, 1.165) is 37.0 Å². The lowest BCUT2D eigenvalue weighted by Crippen LogP contribution is -2.53. The molecule has 0 spiro atoms. The van der Waals surface area contributed by atoms with Crippen molar-refractivity contribution in [3.63, 3.8) is 0 Å². The van der Waals surface area contributed by atoms with Gasteiger partial charge in [0.25, 0.3) is 5.91 Å². The van der Waals surface area contributed by atoms with Gasteiger partial charge in [0.1, 0.15) is 11.8 Å². The van der Waals surface area contributed by atoms with Gasteiger partial charge in [-0.05, 0) is 55.0 Å². The van der Waals surface area contributed by atoms with E-state index in [2.05, 4.69) is 10.1 Å². The van der Waals surface area contributed by atoms with Crippen LogP contribution in [0.15, 0.2) is 54.6 Å². The topological polar surface area (TPSA) is 82.1 Å². The van der Waals surface area contributed by atoms with Gasteiger partial charge in [-0.1, -0.05) is 36.8 Å². The number of ether oxygens (including phenoxy) is 1. The minimum atomic E-state index is -4.79.